The number of aromatic nitrogens is 4. The molecular weight excluding hydrogens is 407 g/mol. The first kappa shape index (κ1) is 21.9. The van der Waals surface area contributed by atoms with Crippen LogP contribution in [-0.4, -0.2) is 57.7 Å². The van der Waals surface area contributed by atoms with Crippen molar-refractivity contribution >= 4 is 11.9 Å². The Morgan fingerprint density at radius 3 is 2.62 bits per heavy atom. The van der Waals surface area contributed by atoms with Crippen molar-refractivity contribution in [1.82, 2.24) is 24.6 Å². The smallest absolute Gasteiger partial charge is 0.232 e. The Bertz CT molecular complexity index is 1140. The molecule has 8 heteroatoms. The second-order valence-corrected chi connectivity index (χ2v) is 9.11. The first-order valence-corrected chi connectivity index (χ1v) is 10.8. The van der Waals surface area contributed by atoms with Gasteiger partial charge in [-0.05, 0) is 26.3 Å². The highest BCUT2D eigenvalue weighted by molar-refractivity contribution is 5.87. The van der Waals surface area contributed by atoms with Crippen LogP contribution in [0.15, 0.2) is 42.9 Å². The van der Waals surface area contributed by atoms with Crippen molar-refractivity contribution in [2.75, 3.05) is 32.1 Å². The number of benzene rings is 1. The number of hydrogen-bond donors (Lipinski definition) is 0. The van der Waals surface area contributed by atoms with Crippen LogP contribution >= 0.6 is 0 Å². The fourth-order valence-corrected chi connectivity index (χ4v) is 4.34. The number of anilines is 1. The minimum Gasteiger partial charge on any atom is -0.347 e. The first-order valence-electron chi connectivity index (χ1n) is 10.8. The van der Waals surface area contributed by atoms with E-state index in [0.29, 0.717) is 24.6 Å². The van der Waals surface area contributed by atoms with Crippen LogP contribution in [0.1, 0.15) is 37.4 Å². The van der Waals surface area contributed by atoms with E-state index in [2.05, 4.69) is 10.1 Å². The zero-order valence-electron chi connectivity index (χ0n) is 19.2. The highest BCUT2D eigenvalue weighted by atomic mass is 19.1. The summed E-state index contributed by atoms with van der Waals surface area (Å²) in [6.07, 6.45) is 6.37. The van der Waals surface area contributed by atoms with E-state index in [1.54, 1.807) is 42.9 Å². The molecule has 1 aliphatic rings. The van der Waals surface area contributed by atoms with Crippen LogP contribution < -0.4 is 4.90 Å². The maximum Gasteiger partial charge on any atom is 0.232 e. The van der Waals surface area contributed by atoms with E-state index >= 15 is 0 Å². The number of halogens is 1. The highest BCUT2D eigenvalue weighted by Crippen LogP contribution is 2.36. The molecule has 1 aromatic carbocycles. The molecule has 1 atom stereocenters. The second-order valence-electron chi connectivity index (χ2n) is 9.11. The molecule has 1 fully saturated rings. The average molecular weight is 437 g/mol. The summed E-state index contributed by atoms with van der Waals surface area (Å²) in [6.45, 7) is 4.72. The number of likely N-dealkylation sites (tertiary alicyclic amines) is 1. The maximum absolute atomic E-state index is 14.4. The average Bonchev–Trinajstić information content (AvgIpc) is 3.42. The molecule has 1 amide bonds. The molecule has 0 N–H and O–H groups in total. The third-order valence-electron chi connectivity index (χ3n) is 6.17. The summed E-state index contributed by atoms with van der Waals surface area (Å²) < 4.78 is 16.2. The number of carbonyl (C=O) groups is 1. The number of rotatable bonds is 5. The second kappa shape index (κ2) is 8.33. The van der Waals surface area contributed by atoms with Gasteiger partial charge in [0.2, 0.25) is 11.9 Å². The minimum atomic E-state index is -0.952. The normalized spacial score (nSPS) is 16.4. The lowest BCUT2D eigenvalue weighted by atomic mass is 9.83. The molecular formula is C24H29FN6O. The Hall–Kier alpha value is -3.29. The summed E-state index contributed by atoms with van der Waals surface area (Å²) in [5.41, 5.74) is 2.25. The SMILES string of the molecule is CN(C)c1ncc(-c2cnn(C)c2)c(C2CCN(C(=O)C(C)(C)c3ccccc3F)C2)n1. The fraction of sp³-hybridized carbons (Fsp3) is 0.417. The molecule has 0 aliphatic carbocycles. The summed E-state index contributed by atoms with van der Waals surface area (Å²) in [5.74, 6) is 0.262. The number of nitrogens with zero attached hydrogens (tertiary/aromatic N) is 6. The summed E-state index contributed by atoms with van der Waals surface area (Å²) in [7, 11) is 5.69. The molecule has 32 heavy (non-hydrogen) atoms. The predicted molar refractivity (Wildman–Crippen MR) is 122 cm³/mol. The van der Waals surface area contributed by atoms with Gasteiger partial charge in [0.1, 0.15) is 5.82 Å². The van der Waals surface area contributed by atoms with Crippen LogP contribution in [0.25, 0.3) is 11.1 Å². The lowest BCUT2D eigenvalue weighted by Crippen LogP contribution is -2.42. The quantitative estimate of drug-likeness (QED) is 0.614. The number of amides is 1. The van der Waals surface area contributed by atoms with Gasteiger partial charge < -0.3 is 9.80 Å². The van der Waals surface area contributed by atoms with E-state index in [9.17, 15) is 9.18 Å². The monoisotopic (exact) mass is 436 g/mol. The van der Waals surface area contributed by atoms with Crippen LogP contribution in [0, 0.1) is 5.82 Å². The zero-order valence-corrected chi connectivity index (χ0v) is 19.2. The fourth-order valence-electron chi connectivity index (χ4n) is 4.34. The lowest BCUT2D eigenvalue weighted by Gasteiger charge is -2.30. The molecule has 0 saturated carbocycles. The van der Waals surface area contributed by atoms with Crippen molar-refractivity contribution in [2.24, 2.45) is 7.05 Å². The van der Waals surface area contributed by atoms with Crippen LogP contribution in [0.3, 0.4) is 0 Å². The van der Waals surface area contributed by atoms with E-state index in [-0.39, 0.29) is 17.6 Å². The van der Waals surface area contributed by atoms with E-state index in [0.717, 1.165) is 23.2 Å². The van der Waals surface area contributed by atoms with Crippen LogP contribution in [0.4, 0.5) is 10.3 Å². The van der Waals surface area contributed by atoms with Gasteiger partial charge >= 0.3 is 0 Å². The number of carbonyl (C=O) groups excluding carboxylic acids is 1. The van der Waals surface area contributed by atoms with Crippen LogP contribution in [0.2, 0.25) is 0 Å². The molecule has 2 aromatic heterocycles. The van der Waals surface area contributed by atoms with E-state index < -0.39 is 5.41 Å². The van der Waals surface area contributed by atoms with Gasteiger partial charge in [0.25, 0.3) is 0 Å². The van der Waals surface area contributed by atoms with Gasteiger partial charge in [0, 0.05) is 69.2 Å². The lowest BCUT2D eigenvalue weighted by molar-refractivity contribution is -0.135. The molecule has 1 saturated heterocycles. The minimum absolute atomic E-state index is 0.0623. The van der Waals surface area contributed by atoms with Gasteiger partial charge in [-0.1, -0.05) is 18.2 Å². The number of hydrogen-bond acceptors (Lipinski definition) is 5. The Kier molecular flexibility index (Phi) is 5.71. The Morgan fingerprint density at radius 1 is 1.22 bits per heavy atom. The van der Waals surface area contributed by atoms with Crippen molar-refractivity contribution in [3.63, 3.8) is 0 Å². The van der Waals surface area contributed by atoms with Crippen LogP contribution in [-0.2, 0) is 17.3 Å². The summed E-state index contributed by atoms with van der Waals surface area (Å²) >= 11 is 0. The van der Waals surface area contributed by atoms with Gasteiger partial charge in [0.15, 0.2) is 0 Å². The largest absolute Gasteiger partial charge is 0.347 e. The predicted octanol–water partition coefficient (Wildman–Crippen LogP) is 3.38. The van der Waals surface area contributed by atoms with E-state index in [4.69, 9.17) is 4.98 Å². The van der Waals surface area contributed by atoms with Crippen molar-refractivity contribution in [2.45, 2.75) is 31.6 Å². The first-order chi connectivity index (χ1) is 15.2. The van der Waals surface area contributed by atoms with Crippen molar-refractivity contribution < 1.29 is 9.18 Å². The maximum atomic E-state index is 14.4. The number of aryl methyl sites for hydroxylation is 1. The van der Waals surface area contributed by atoms with E-state index in [1.807, 2.05) is 43.3 Å². The van der Waals surface area contributed by atoms with Crippen molar-refractivity contribution in [3.05, 3.63) is 59.9 Å². The van der Waals surface area contributed by atoms with Gasteiger partial charge in [0.05, 0.1) is 17.3 Å². The Balaban J connectivity index is 1.63. The standard InChI is InChI=1S/C24H29FN6O/c1-24(2,19-8-6-7-9-20(19)25)22(32)31-11-10-16(15-31)21-18(17-12-27-30(5)14-17)13-26-23(28-21)29(3)4/h6-9,12-14,16H,10-11,15H2,1-5H3. The van der Waals surface area contributed by atoms with Crippen molar-refractivity contribution in [3.8, 4) is 11.1 Å². The molecule has 0 bridgehead atoms. The Labute approximate surface area is 187 Å². The third-order valence-corrected chi connectivity index (χ3v) is 6.17. The molecule has 0 spiro atoms. The van der Waals surface area contributed by atoms with Gasteiger partial charge in [-0.25, -0.2) is 14.4 Å². The molecule has 168 valence electrons. The van der Waals surface area contributed by atoms with Gasteiger partial charge in [-0.15, -0.1) is 0 Å². The van der Waals surface area contributed by atoms with Crippen LogP contribution in [0.5, 0.6) is 0 Å². The zero-order chi connectivity index (χ0) is 23.0. The summed E-state index contributed by atoms with van der Waals surface area (Å²) in [4.78, 5) is 26.5. The molecule has 7 nitrogen and oxygen atoms in total. The topological polar surface area (TPSA) is 67.2 Å². The molecule has 0 radical (unpaired) electrons. The van der Waals surface area contributed by atoms with Crippen molar-refractivity contribution in [1.29, 1.82) is 0 Å². The van der Waals surface area contributed by atoms with Gasteiger partial charge in [-0.3, -0.25) is 9.48 Å². The molecule has 4 rings (SSSR count). The summed E-state index contributed by atoms with van der Waals surface area (Å²) in [6, 6.07) is 6.50. The molecule has 3 heterocycles. The highest BCUT2D eigenvalue weighted by Gasteiger charge is 2.39. The third kappa shape index (κ3) is 3.97. The summed E-state index contributed by atoms with van der Waals surface area (Å²) in [5, 5.41) is 4.29. The Morgan fingerprint density at radius 2 is 1.97 bits per heavy atom. The van der Waals surface area contributed by atoms with E-state index in [1.165, 1.54) is 6.07 Å². The molecule has 1 unspecified atom stereocenters. The van der Waals surface area contributed by atoms with Gasteiger partial charge in [-0.2, -0.15) is 5.10 Å². The molecule has 1 aliphatic heterocycles. The molecule has 3 aromatic rings.